The molecule has 2 amide bonds. The zero-order valence-electron chi connectivity index (χ0n) is 15.3. The average molecular weight is 348 g/mol. The minimum atomic E-state index is -0.194. The molecule has 25 heavy (non-hydrogen) atoms. The number of benzene rings is 1. The SMILES string of the molecule is CCCN(CC(=O)Nc1ccccc1OC)C(=O)C[NH+]1CCCCC1. The van der Waals surface area contributed by atoms with Crippen molar-refractivity contribution in [2.75, 3.05) is 45.2 Å². The van der Waals surface area contributed by atoms with Crippen LogP contribution < -0.4 is 15.0 Å². The summed E-state index contributed by atoms with van der Waals surface area (Å²) < 4.78 is 5.25. The van der Waals surface area contributed by atoms with Crippen molar-refractivity contribution in [3.05, 3.63) is 24.3 Å². The van der Waals surface area contributed by atoms with Gasteiger partial charge in [0, 0.05) is 6.54 Å². The number of piperidine rings is 1. The summed E-state index contributed by atoms with van der Waals surface area (Å²) >= 11 is 0. The van der Waals surface area contributed by atoms with Crippen molar-refractivity contribution in [2.45, 2.75) is 32.6 Å². The molecule has 0 unspecified atom stereocenters. The normalized spacial score (nSPS) is 14.8. The van der Waals surface area contributed by atoms with Gasteiger partial charge in [0.1, 0.15) is 12.3 Å². The van der Waals surface area contributed by atoms with Gasteiger partial charge >= 0.3 is 0 Å². The second-order valence-electron chi connectivity index (χ2n) is 6.55. The number of rotatable bonds is 8. The smallest absolute Gasteiger partial charge is 0.278 e. The molecule has 1 aliphatic rings. The maximum atomic E-state index is 12.6. The summed E-state index contributed by atoms with van der Waals surface area (Å²) in [7, 11) is 1.57. The molecule has 2 rings (SSSR count). The summed E-state index contributed by atoms with van der Waals surface area (Å²) in [5.74, 6) is 0.482. The molecule has 2 N–H and O–H groups in total. The number of hydrogen-bond acceptors (Lipinski definition) is 3. The van der Waals surface area contributed by atoms with Crippen LogP contribution in [0.2, 0.25) is 0 Å². The monoisotopic (exact) mass is 348 g/mol. The number of para-hydroxylation sites is 2. The van der Waals surface area contributed by atoms with Crippen LogP contribution in [-0.4, -0.2) is 56.5 Å². The van der Waals surface area contributed by atoms with Crippen LogP contribution in [0.25, 0.3) is 0 Å². The number of nitrogens with one attached hydrogen (secondary N) is 2. The zero-order chi connectivity index (χ0) is 18.1. The Morgan fingerprint density at radius 1 is 1.20 bits per heavy atom. The van der Waals surface area contributed by atoms with Crippen LogP contribution in [0.15, 0.2) is 24.3 Å². The van der Waals surface area contributed by atoms with Crippen LogP contribution in [0, 0.1) is 0 Å². The first kappa shape index (κ1) is 19.2. The highest BCUT2D eigenvalue weighted by atomic mass is 16.5. The molecule has 0 radical (unpaired) electrons. The first-order chi connectivity index (χ1) is 12.1. The number of methoxy groups -OCH3 is 1. The van der Waals surface area contributed by atoms with Crippen molar-refractivity contribution in [1.29, 1.82) is 0 Å². The van der Waals surface area contributed by atoms with E-state index in [1.54, 1.807) is 24.1 Å². The standard InChI is InChI=1S/C19H29N3O3/c1-3-11-22(19(24)15-21-12-7-4-8-13-21)14-18(23)20-16-9-5-6-10-17(16)25-2/h5-6,9-10H,3-4,7-8,11-15H2,1-2H3,(H,20,23)/p+1. The molecule has 1 saturated heterocycles. The molecule has 0 aromatic heterocycles. The molecular formula is C19H30N3O3+. The Hall–Kier alpha value is -2.08. The number of ether oxygens (including phenoxy) is 1. The molecule has 0 aliphatic carbocycles. The van der Waals surface area contributed by atoms with Gasteiger partial charge < -0.3 is 19.9 Å². The number of carbonyl (C=O) groups is 2. The van der Waals surface area contributed by atoms with Gasteiger partial charge in [-0.25, -0.2) is 0 Å². The van der Waals surface area contributed by atoms with Crippen LogP contribution >= 0.6 is 0 Å². The van der Waals surface area contributed by atoms with Crippen LogP contribution in [0.3, 0.4) is 0 Å². The Kier molecular flexibility index (Phi) is 7.73. The van der Waals surface area contributed by atoms with Gasteiger partial charge in [-0.15, -0.1) is 0 Å². The van der Waals surface area contributed by atoms with E-state index in [2.05, 4.69) is 5.32 Å². The molecule has 0 saturated carbocycles. The Bertz CT molecular complexity index is 571. The Balaban J connectivity index is 1.92. The molecule has 1 aliphatic heterocycles. The number of nitrogens with zero attached hydrogens (tertiary/aromatic N) is 1. The van der Waals surface area contributed by atoms with E-state index in [1.807, 2.05) is 19.1 Å². The second kappa shape index (κ2) is 10.0. The van der Waals surface area contributed by atoms with E-state index in [1.165, 1.54) is 24.2 Å². The lowest BCUT2D eigenvalue weighted by Crippen LogP contribution is -3.13. The Morgan fingerprint density at radius 2 is 1.92 bits per heavy atom. The van der Waals surface area contributed by atoms with E-state index >= 15 is 0 Å². The van der Waals surface area contributed by atoms with E-state index < -0.39 is 0 Å². The van der Waals surface area contributed by atoms with E-state index in [4.69, 9.17) is 4.74 Å². The molecule has 6 heteroatoms. The molecule has 1 aromatic carbocycles. The van der Waals surface area contributed by atoms with Gasteiger partial charge in [-0.05, 0) is 37.8 Å². The average Bonchev–Trinajstić information content (AvgIpc) is 2.62. The Morgan fingerprint density at radius 3 is 2.60 bits per heavy atom. The van der Waals surface area contributed by atoms with E-state index in [9.17, 15) is 9.59 Å². The van der Waals surface area contributed by atoms with Gasteiger partial charge in [0.15, 0.2) is 6.54 Å². The minimum absolute atomic E-state index is 0.0638. The second-order valence-corrected chi connectivity index (χ2v) is 6.55. The van der Waals surface area contributed by atoms with E-state index in [0.29, 0.717) is 24.5 Å². The maximum absolute atomic E-state index is 12.6. The molecule has 1 aromatic rings. The highest BCUT2D eigenvalue weighted by molar-refractivity contribution is 5.95. The van der Waals surface area contributed by atoms with Crippen molar-refractivity contribution >= 4 is 17.5 Å². The first-order valence-electron chi connectivity index (χ1n) is 9.18. The lowest BCUT2D eigenvalue weighted by Gasteiger charge is -2.27. The predicted octanol–water partition coefficient (Wildman–Crippen LogP) is 0.941. The fraction of sp³-hybridized carbons (Fsp3) is 0.579. The van der Waals surface area contributed by atoms with Crippen LogP contribution in [0.5, 0.6) is 5.75 Å². The summed E-state index contributed by atoms with van der Waals surface area (Å²) in [5.41, 5.74) is 0.626. The fourth-order valence-corrected chi connectivity index (χ4v) is 3.23. The Labute approximate surface area is 150 Å². The third-order valence-corrected chi connectivity index (χ3v) is 4.52. The molecule has 0 bridgehead atoms. The number of likely N-dealkylation sites (tertiary alicyclic amines) is 1. The van der Waals surface area contributed by atoms with Gasteiger partial charge in [-0.1, -0.05) is 19.1 Å². The number of carbonyl (C=O) groups excluding carboxylic acids is 2. The van der Waals surface area contributed by atoms with Gasteiger partial charge in [0.2, 0.25) is 5.91 Å². The van der Waals surface area contributed by atoms with Crippen molar-refractivity contribution in [2.24, 2.45) is 0 Å². The quantitative estimate of drug-likeness (QED) is 0.735. The van der Waals surface area contributed by atoms with Crippen molar-refractivity contribution < 1.29 is 19.2 Å². The van der Waals surface area contributed by atoms with E-state index in [-0.39, 0.29) is 18.4 Å². The lowest BCUT2D eigenvalue weighted by molar-refractivity contribution is -0.897. The number of amides is 2. The van der Waals surface area contributed by atoms with Crippen molar-refractivity contribution in [3.63, 3.8) is 0 Å². The summed E-state index contributed by atoms with van der Waals surface area (Å²) in [4.78, 5) is 28.0. The van der Waals surface area contributed by atoms with Gasteiger partial charge in [-0.2, -0.15) is 0 Å². The molecule has 1 heterocycles. The highest BCUT2D eigenvalue weighted by Crippen LogP contribution is 2.22. The number of anilines is 1. The zero-order valence-corrected chi connectivity index (χ0v) is 15.3. The van der Waals surface area contributed by atoms with Gasteiger partial charge in [0.25, 0.3) is 5.91 Å². The number of quaternary nitrogens is 1. The summed E-state index contributed by atoms with van der Waals surface area (Å²) in [5, 5.41) is 2.84. The maximum Gasteiger partial charge on any atom is 0.278 e. The van der Waals surface area contributed by atoms with Gasteiger partial charge in [0.05, 0.1) is 25.9 Å². The molecule has 1 fully saturated rings. The van der Waals surface area contributed by atoms with Gasteiger partial charge in [-0.3, -0.25) is 9.59 Å². The van der Waals surface area contributed by atoms with E-state index in [0.717, 1.165) is 19.5 Å². The molecule has 0 spiro atoms. The molecule has 138 valence electrons. The van der Waals surface area contributed by atoms with Crippen LogP contribution in [0.1, 0.15) is 32.6 Å². The largest absolute Gasteiger partial charge is 0.495 e. The summed E-state index contributed by atoms with van der Waals surface area (Å²) in [6.45, 7) is 5.30. The summed E-state index contributed by atoms with van der Waals surface area (Å²) in [6, 6.07) is 7.28. The third kappa shape index (κ3) is 6.05. The highest BCUT2D eigenvalue weighted by Gasteiger charge is 2.23. The first-order valence-corrected chi connectivity index (χ1v) is 9.18. The fourth-order valence-electron chi connectivity index (χ4n) is 3.23. The van der Waals surface area contributed by atoms with Crippen molar-refractivity contribution in [1.82, 2.24) is 4.90 Å². The van der Waals surface area contributed by atoms with Crippen molar-refractivity contribution in [3.8, 4) is 5.75 Å². The summed E-state index contributed by atoms with van der Waals surface area (Å²) in [6.07, 6.45) is 4.47. The predicted molar refractivity (Wildman–Crippen MR) is 97.9 cm³/mol. The van der Waals surface area contributed by atoms with Crippen LogP contribution in [-0.2, 0) is 9.59 Å². The van der Waals surface area contributed by atoms with Crippen LogP contribution in [0.4, 0.5) is 5.69 Å². The topological polar surface area (TPSA) is 63.1 Å². The minimum Gasteiger partial charge on any atom is -0.495 e. The molecule has 6 nitrogen and oxygen atoms in total. The lowest BCUT2D eigenvalue weighted by atomic mass is 10.1. The molecular weight excluding hydrogens is 318 g/mol. The third-order valence-electron chi connectivity index (χ3n) is 4.52. The number of hydrogen-bond donors (Lipinski definition) is 2. The molecule has 0 atom stereocenters.